The highest BCUT2D eigenvalue weighted by Crippen LogP contribution is 2.26. The molecule has 0 saturated carbocycles. The monoisotopic (exact) mass is 446 g/mol. The lowest BCUT2D eigenvalue weighted by atomic mass is 9.97. The van der Waals surface area contributed by atoms with E-state index in [9.17, 15) is 24.6 Å². The van der Waals surface area contributed by atoms with E-state index in [1.54, 1.807) is 12.1 Å². The lowest BCUT2D eigenvalue weighted by Crippen LogP contribution is -2.54. The first-order chi connectivity index (χ1) is 14.5. The number of para-hydroxylation sites is 1. The van der Waals surface area contributed by atoms with E-state index >= 15 is 0 Å². The number of carbonyl (C=O) groups is 3. The van der Waals surface area contributed by atoms with Crippen LogP contribution in [0.4, 0.5) is 5.69 Å². The number of aryl methyl sites for hydroxylation is 2. The maximum Gasteiger partial charge on any atom is 0.323 e. The number of hydrogen-bond donors (Lipinski definition) is 3. The van der Waals surface area contributed by atoms with Gasteiger partial charge in [-0.2, -0.15) is 0 Å². The molecule has 2 aromatic carbocycles. The summed E-state index contributed by atoms with van der Waals surface area (Å²) < 4.78 is 0. The molecule has 2 atom stereocenters. The Hall–Kier alpha value is -2.90. The summed E-state index contributed by atoms with van der Waals surface area (Å²) >= 11 is 0. The number of anilines is 1. The zero-order valence-electron chi connectivity index (χ0n) is 17.1. The number of amides is 1. The third-order valence-electron chi connectivity index (χ3n) is 5.34. The molecular weight excluding hydrogens is 420 g/mol. The van der Waals surface area contributed by atoms with E-state index in [0.717, 1.165) is 11.1 Å². The maximum atomic E-state index is 13.2. The quantitative estimate of drug-likeness (QED) is 0.575. The molecule has 3 N–H and O–H groups in total. The van der Waals surface area contributed by atoms with Crippen LogP contribution in [0.3, 0.4) is 0 Å². The van der Waals surface area contributed by atoms with Gasteiger partial charge in [0.25, 0.3) is 0 Å². The molecule has 1 heterocycles. The molecule has 166 valence electrons. The van der Waals surface area contributed by atoms with Crippen LogP contribution in [0.2, 0.25) is 0 Å². The Bertz CT molecular complexity index is 906. The molecule has 2 aromatic rings. The van der Waals surface area contributed by atoms with E-state index in [1.807, 2.05) is 42.5 Å². The number of carboxylic acid groups (broad SMARTS) is 2. The van der Waals surface area contributed by atoms with Crippen molar-refractivity contribution < 1.29 is 24.6 Å². The van der Waals surface area contributed by atoms with Gasteiger partial charge in [0.1, 0.15) is 12.6 Å². The fourth-order valence-corrected chi connectivity index (χ4v) is 3.84. The number of carbonyl (C=O) groups excluding carboxylic acids is 1. The Kier molecular flexibility index (Phi) is 9.03. The molecule has 7 nitrogen and oxygen atoms in total. The van der Waals surface area contributed by atoms with Gasteiger partial charge in [-0.25, -0.2) is 0 Å². The first-order valence-electron chi connectivity index (χ1n) is 10.1. The second-order valence-corrected chi connectivity index (χ2v) is 7.47. The molecule has 8 heteroatoms. The Morgan fingerprint density at radius 1 is 1.06 bits per heavy atom. The van der Waals surface area contributed by atoms with Crippen LogP contribution in [0.25, 0.3) is 0 Å². The van der Waals surface area contributed by atoms with Crippen LogP contribution >= 0.6 is 12.4 Å². The van der Waals surface area contributed by atoms with Gasteiger partial charge in [0, 0.05) is 5.69 Å². The molecular formula is C23H27ClN2O5. The van der Waals surface area contributed by atoms with Crippen molar-refractivity contribution >= 4 is 35.9 Å². The van der Waals surface area contributed by atoms with Gasteiger partial charge in [-0.1, -0.05) is 48.5 Å². The number of fused-ring (bicyclic) bond motifs is 1. The van der Waals surface area contributed by atoms with Crippen LogP contribution in [-0.2, 0) is 27.2 Å². The molecule has 1 aliphatic heterocycles. The van der Waals surface area contributed by atoms with Gasteiger partial charge >= 0.3 is 11.9 Å². The van der Waals surface area contributed by atoms with Crippen molar-refractivity contribution in [2.45, 2.75) is 44.2 Å². The lowest BCUT2D eigenvalue weighted by molar-refractivity contribution is -0.140. The van der Waals surface area contributed by atoms with Crippen molar-refractivity contribution in [1.29, 1.82) is 0 Å². The van der Waals surface area contributed by atoms with Crippen LogP contribution < -0.4 is 10.2 Å². The molecule has 0 radical (unpaired) electrons. The number of hydrogen-bond acceptors (Lipinski definition) is 4. The smallest absolute Gasteiger partial charge is 0.323 e. The fourth-order valence-electron chi connectivity index (χ4n) is 3.84. The molecule has 0 saturated heterocycles. The zero-order valence-corrected chi connectivity index (χ0v) is 17.9. The van der Waals surface area contributed by atoms with Crippen molar-refractivity contribution in [3.63, 3.8) is 0 Å². The number of aliphatic carboxylic acids is 2. The third-order valence-corrected chi connectivity index (χ3v) is 5.34. The van der Waals surface area contributed by atoms with Crippen LogP contribution in [-0.4, -0.2) is 46.7 Å². The molecule has 0 fully saturated rings. The Labute approximate surface area is 187 Å². The highest BCUT2D eigenvalue weighted by Gasteiger charge is 2.32. The summed E-state index contributed by atoms with van der Waals surface area (Å²) in [5.74, 6) is -2.54. The molecule has 0 unspecified atom stereocenters. The number of carboxylic acids is 2. The van der Waals surface area contributed by atoms with Crippen LogP contribution in [0.5, 0.6) is 0 Å². The zero-order chi connectivity index (χ0) is 21.5. The second kappa shape index (κ2) is 11.5. The number of rotatable bonds is 8. The van der Waals surface area contributed by atoms with E-state index < -0.39 is 36.5 Å². The summed E-state index contributed by atoms with van der Waals surface area (Å²) in [7, 11) is 0. The van der Waals surface area contributed by atoms with Crippen molar-refractivity contribution in [1.82, 2.24) is 5.32 Å². The number of nitrogens with zero attached hydrogens (tertiary/aromatic N) is 1. The Morgan fingerprint density at radius 2 is 1.74 bits per heavy atom. The van der Waals surface area contributed by atoms with Gasteiger partial charge in [-0.05, 0) is 49.3 Å². The molecule has 0 spiro atoms. The summed E-state index contributed by atoms with van der Waals surface area (Å²) in [6.07, 6.45) is 2.73. The molecule has 0 aliphatic carbocycles. The Balaban J connectivity index is 0.00000341. The van der Waals surface area contributed by atoms with E-state index in [2.05, 4.69) is 5.32 Å². The van der Waals surface area contributed by atoms with Gasteiger partial charge in [0.2, 0.25) is 5.91 Å². The summed E-state index contributed by atoms with van der Waals surface area (Å²) in [6.45, 7) is -0.463. The molecule has 3 rings (SSSR count). The van der Waals surface area contributed by atoms with Crippen molar-refractivity contribution in [3.8, 4) is 0 Å². The standard InChI is InChI=1S/C23H26N2O5.ClH/c26-21(27)15-25-20-12-5-4-9-17(20)10-6-11-18(22(25)28)24-19(23(29)30)14-13-16-7-2-1-3-8-16;/h1-5,7-9,12,18-19,24H,6,10-11,13-15H2,(H,26,27)(H,29,30);1H/t18-,19+;/m1./s1. The average Bonchev–Trinajstić information content (AvgIpc) is 2.73. The lowest BCUT2D eigenvalue weighted by Gasteiger charge is -2.32. The van der Waals surface area contributed by atoms with Gasteiger partial charge in [-0.15, -0.1) is 12.4 Å². The highest BCUT2D eigenvalue weighted by atomic mass is 35.5. The topological polar surface area (TPSA) is 107 Å². The second-order valence-electron chi connectivity index (χ2n) is 7.47. The minimum atomic E-state index is -1.11. The van der Waals surface area contributed by atoms with E-state index in [-0.39, 0.29) is 12.4 Å². The first-order valence-corrected chi connectivity index (χ1v) is 10.1. The van der Waals surface area contributed by atoms with Gasteiger partial charge in [-0.3, -0.25) is 24.6 Å². The summed E-state index contributed by atoms with van der Waals surface area (Å²) in [4.78, 5) is 37.7. The molecule has 0 bridgehead atoms. The SMILES string of the molecule is Cl.O=C(O)CN1C(=O)[C@H](N[C@@H](CCc2ccccc2)C(=O)O)CCCc2ccccc21. The summed E-state index contributed by atoms with van der Waals surface area (Å²) in [5.41, 5.74) is 2.52. The normalized spacial score (nSPS) is 17.0. The molecule has 0 aromatic heterocycles. The van der Waals surface area contributed by atoms with Crippen LogP contribution in [0.15, 0.2) is 54.6 Å². The molecule has 31 heavy (non-hydrogen) atoms. The fraction of sp³-hybridized carbons (Fsp3) is 0.348. The van der Waals surface area contributed by atoms with Crippen molar-refractivity contribution in [3.05, 3.63) is 65.7 Å². The predicted molar refractivity (Wildman–Crippen MR) is 120 cm³/mol. The largest absolute Gasteiger partial charge is 0.480 e. The minimum Gasteiger partial charge on any atom is -0.480 e. The number of nitrogens with one attached hydrogen (secondary N) is 1. The van der Waals surface area contributed by atoms with Crippen LogP contribution in [0, 0.1) is 0 Å². The number of benzene rings is 2. The summed E-state index contributed by atoms with van der Waals surface area (Å²) in [6, 6.07) is 15.2. The predicted octanol–water partition coefficient (Wildman–Crippen LogP) is 2.91. The van der Waals surface area contributed by atoms with E-state index in [4.69, 9.17) is 0 Å². The maximum absolute atomic E-state index is 13.2. The molecule has 1 aliphatic rings. The molecule has 1 amide bonds. The number of halogens is 1. The first kappa shape index (κ1) is 24.4. The van der Waals surface area contributed by atoms with E-state index in [0.29, 0.717) is 37.8 Å². The third kappa shape index (κ3) is 6.54. The highest BCUT2D eigenvalue weighted by molar-refractivity contribution is 6.01. The summed E-state index contributed by atoms with van der Waals surface area (Å²) in [5, 5.41) is 22.0. The van der Waals surface area contributed by atoms with Gasteiger partial charge < -0.3 is 10.2 Å². The van der Waals surface area contributed by atoms with Crippen molar-refractivity contribution in [2.75, 3.05) is 11.4 Å². The van der Waals surface area contributed by atoms with Gasteiger partial charge in [0.15, 0.2) is 0 Å². The van der Waals surface area contributed by atoms with Crippen LogP contribution in [0.1, 0.15) is 30.4 Å². The minimum absolute atomic E-state index is 0. The van der Waals surface area contributed by atoms with E-state index in [1.165, 1.54) is 4.90 Å². The Morgan fingerprint density at radius 3 is 2.42 bits per heavy atom. The average molecular weight is 447 g/mol. The van der Waals surface area contributed by atoms with Gasteiger partial charge in [0.05, 0.1) is 6.04 Å². The van der Waals surface area contributed by atoms with Crippen molar-refractivity contribution in [2.24, 2.45) is 0 Å².